The molecular weight excluding hydrogens is 178 g/mol. The van der Waals surface area contributed by atoms with Gasteiger partial charge in [-0.05, 0) is 24.6 Å². The molecule has 0 spiro atoms. The van der Waals surface area contributed by atoms with Gasteiger partial charge in [0.25, 0.3) is 0 Å². The van der Waals surface area contributed by atoms with E-state index in [9.17, 15) is 0 Å². The van der Waals surface area contributed by atoms with Crippen LogP contribution in [-0.4, -0.2) is 5.25 Å². The van der Waals surface area contributed by atoms with E-state index in [0.29, 0.717) is 5.25 Å². The maximum atomic E-state index is 5.80. The third kappa shape index (κ3) is 3.41. The molecule has 1 atom stereocenters. The van der Waals surface area contributed by atoms with Gasteiger partial charge in [-0.25, -0.2) is 0 Å². The topological polar surface area (TPSA) is 26.0 Å². The third-order valence-corrected chi connectivity index (χ3v) is 2.75. The van der Waals surface area contributed by atoms with Crippen molar-refractivity contribution in [2.45, 2.75) is 37.0 Å². The van der Waals surface area contributed by atoms with Crippen LogP contribution in [0.1, 0.15) is 32.4 Å². The summed E-state index contributed by atoms with van der Waals surface area (Å²) < 4.78 is 0. The zero-order valence-corrected chi connectivity index (χ0v) is 9.27. The Balaban J connectivity index is 2.79. The Morgan fingerprint density at radius 2 is 1.92 bits per heavy atom. The van der Waals surface area contributed by atoms with Gasteiger partial charge in [0.15, 0.2) is 0 Å². The van der Waals surface area contributed by atoms with Gasteiger partial charge in [-0.3, -0.25) is 0 Å². The van der Waals surface area contributed by atoms with Crippen LogP contribution < -0.4 is 5.73 Å². The molecule has 0 fully saturated rings. The molecular formula is C11H17NS. The zero-order chi connectivity index (χ0) is 9.84. The normalized spacial score (nSPS) is 13.3. The quantitative estimate of drug-likeness (QED) is 0.749. The van der Waals surface area contributed by atoms with Gasteiger partial charge < -0.3 is 5.73 Å². The van der Waals surface area contributed by atoms with Crippen LogP contribution in [0.3, 0.4) is 0 Å². The predicted molar refractivity (Wildman–Crippen MR) is 60.0 cm³/mol. The van der Waals surface area contributed by atoms with Crippen LogP contribution in [0.4, 0.5) is 0 Å². The van der Waals surface area contributed by atoms with Crippen molar-refractivity contribution in [3.8, 4) is 0 Å². The molecule has 0 aliphatic heterocycles. The van der Waals surface area contributed by atoms with Gasteiger partial charge in [0.05, 0.1) is 0 Å². The first-order valence-electron chi connectivity index (χ1n) is 4.62. The summed E-state index contributed by atoms with van der Waals surface area (Å²) in [6, 6.07) is 8.59. The van der Waals surface area contributed by atoms with Crippen LogP contribution in [0, 0.1) is 0 Å². The molecule has 0 saturated heterocycles. The maximum Gasteiger partial charge on any atom is 0.0266 e. The lowest BCUT2D eigenvalue weighted by Gasteiger charge is -2.09. The first-order chi connectivity index (χ1) is 6.09. The number of rotatable bonds is 3. The van der Waals surface area contributed by atoms with Gasteiger partial charge in [0.1, 0.15) is 0 Å². The highest BCUT2D eigenvalue weighted by atomic mass is 32.2. The van der Waals surface area contributed by atoms with E-state index in [-0.39, 0.29) is 6.04 Å². The van der Waals surface area contributed by atoms with E-state index in [1.165, 1.54) is 10.5 Å². The Kier molecular flexibility index (Phi) is 3.82. The van der Waals surface area contributed by atoms with Gasteiger partial charge in [0, 0.05) is 16.2 Å². The average molecular weight is 195 g/mol. The van der Waals surface area contributed by atoms with Crippen molar-refractivity contribution in [1.82, 2.24) is 0 Å². The number of benzene rings is 1. The van der Waals surface area contributed by atoms with Crippen LogP contribution in [0.15, 0.2) is 29.2 Å². The molecule has 2 heteroatoms. The third-order valence-electron chi connectivity index (χ3n) is 1.76. The molecule has 1 aromatic carbocycles. The van der Waals surface area contributed by atoms with Crippen molar-refractivity contribution < 1.29 is 0 Å². The second kappa shape index (κ2) is 4.68. The first kappa shape index (κ1) is 10.6. The van der Waals surface area contributed by atoms with Gasteiger partial charge in [0.2, 0.25) is 0 Å². The fraction of sp³-hybridized carbons (Fsp3) is 0.455. The smallest absolute Gasteiger partial charge is 0.0266 e. The summed E-state index contributed by atoms with van der Waals surface area (Å²) in [7, 11) is 0. The molecule has 1 rings (SSSR count). The van der Waals surface area contributed by atoms with Crippen molar-refractivity contribution in [3.05, 3.63) is 29.8 Å². The molecule has 1 nitrogen and oxygen atoms in total. The minimum atomic E-state index is 0.132. The maximum absolute atomic E-state index is 5.80. The van der Waals surface area contributed by atoms with Crippen molar-refractivity contribution in [3.63, 3.8) is 0 Å². The monoisotopic (exact) mass is 195 g/mol. The minimum absolute atomic E-state index is 0.132. The van der Waals surface area contributed by atoms with E-state index < -0.39 is 0 Å². The van der Waals surface area contributed by atoms with Gasteiger partial charge in [-0.1, -0.05) is 26.0 Å². The molecule has 0 aromatic heterocycles. The van der Waals surface area contributed by atoms with Crippen molar-refractivity contribution in [1.29, 1.82) is 0 Å². The lowest BCUT2D eigenvalue weighted by molar-refractivity contribution is 0.814. The molecule has 13 heavy (non-hydrogen) atoms. The summed E-state index contributed by atoms with van der Waals surface area (Å²) in [4.78, 5) is 1.31. The fourth-order valence-electron chi connectivity index (χ4n) is 1.14. The predicted octanol–water partition coefficient (Wildman–Crippen LogP) is 3.21. The highest BCUT2D eigenvalue weighted by Crippen LogP contribution is 2.24. The molecule has 1 unspecified atom stereocenters. The molecule has 0 radical (unpaired) electrons. The molecule has 0 amide bonds. The average Bonchev–Trinajstić information content (AvgIpc) is 2.03. The highest BCUT2D eigenvalue weighted by Gasteiger charge is 2.02. The Morgan fingerprint density at radius 3 is 2.46 bits per heavy atom. The van der Waals surface area contributed by atoms with Crippen LogP contribution in [-0.2, 0) is 0 Å². The number of hydrogen-bond donors (Lipinski definition) is 1. The lowest BCUT2D eigenvalue weighted by Crippen LogP contribution is -2.04. The molecule has 0 saturated carbocycles. The van der Waals surface area contributed by atoms with E-state index in [2.05, 4.69) is 38.1 Å². The molecule has 72 valence electrons. The van der Waals surface area contributed by atoms with E-state index in [4.69, 9.17) is 5.73 Å². The summed E-state index contributed by atoms with van der Waals surface area (Å²) in [5.74, 6) is 0. The molecule has 0 aliphatic carbocycles. The van der Waals surface area contributed by atoms with Gasteiger partial charge >= 0.3 is 0 Å². The van der Waals surface area contributed by atoms with E-state index in [1.54, 1.807) is 0 Å². The lowest BCUT2D eigenvalue weighted by atomic mass is 10.1. The first-order valence-corrected chi connectivity index (χ1v) is 5.49. The van der Waals surface area contributed by atoms with E-state index in [0.717, 1.165) is 0 Å². The largest absolute Gasteiger partial charge is 0.324 e. The second-order valence-corrected chi connectivity index (χ2v) is 5.18. The van der Waals surface area contributed by atoms with Crippen LogP contribution in [0.25, 0.3) is 0 Å². The molecule has 0 heterocycles. The summed E-state index contributed by atoms with van der Waals surface area (Å²) >= 11 is 1.87. The Bertz CT molecular complexity index is 269. The highest BCUT2D eigenvalue weighted by molar-refractivity contribution is 7.99. The van der Waals surface area contributed by atoms with Crippen molar-refractivity contribution >= 4 is 11.8 Å². The van der Waals surface area contributed by atoms with Crippen LogP contribution in [0.5, 0.6) is 0 Å². The summed E-state index contributed by atoms with van der Waals surface area (Å²) in [6.45, 7) is 6.41. The summed E-state index contributed by atoms with van der Waals surface area (Å²) in [6.07, 6.45) is 0. The fourth-order valence-corrected chi connectivity index (χ4v) is 2.05. The SMILES string of the molecule is CC(C)Sc1cccc(C(C)N)c1. The van der Waals surface area contributed by atoms with Gasteiger partial charge in [-0.15, -0.1) is 11.8 Å². The number of hydrogen-bond acceptors (Lipinski definition) is 2. The minimum Gasteiger partial charge on any atom is -0.324 e. The number of thioether (sulfide) groups is 1. The van der Waals surface area contributed by atoms with Gasteiger partial charge in [-0.2, -0.15) is 0 Å². The van der Waals surface area contributed by atoms with Crippen LogP contribution in [0.2, 0.25) is 0 Å². The van der Waals surface area contributed by atoms with Crippen molar-refractivity contribution in [2.75, 3.05) is 0 Å². The zero-order valence-electron chi connectivity index (χ0n) is 8.45. The summed E-state index contributed by atoms with van der Waals surface area (Å²) in [5, 5.41) is 0.628. The standard InChI is InChI=1S/C11H17NS/c1-8(2)13-11-6-4-5-10(7-11)9(3)12/h4-9H,12H2,1-3H3. The molecule has 0 bridgehead atoms. The molecule has 0 aliphatic rings. The second-order valence-electron chi connectivity index (χ2n) is 3.53. The Morgan fingerprint density at radius 1 is 1.23 bits per heavy atom. The molecule has 1 aromatic rings. The Labute approximate surface area is 84.7 Å². The molecule has 2 N–H and O–H groups in total. The number of nitrogens with two attached hydrogens (primary N) is 1. The van der Waals surface area contributed by atoms with Crippen molar-refractivity contribution in [2.24, 2.45) is 5.73 Å². The van der Waals surface area contributed by atoms with E-state index in [1.807, 2.05) is 18.7 Å². The van der Waals surface area contributed by atoms with Crippen LogP contribution >= 0.6 is 11.8 Å². The Hall–Kier alpha value is -0.470. The summed E-state index contributed by atoms with van der Waals surface area (Å²) in [5.41, 5.74) is 7.02. The van der Waals surface area contributed by atoms with E-state index >= 15 is 0 Å².